The molecular weight excluding hydrogens is 308 g/mol. The van der Waals surface area contributed by atoms with Crippen LogP contribution in [0.1, 0.15) is 35.8 Å². The number of carbonyl (C=O) groups excluding carboxylic acids is 1. The highest BCUT2D eigenvalue weighted by Crippen LogP contribution is 2.30. The van der Waals surface area contributed by atoms with Crippen molar-refractivity contribution in [3.05, 3.63) is 46.4 Å². The van der Waals surface area contributed by atoms with Gasteiger partial charge >= 0.3 is 0 Å². The van der Waals surface area contributed by atoms with Crippen molar-refractivity contribution >= 4 is 17.2 Å². The molecule has 4 nitrogen and oxygen atoms in total. The minimum Gasteiger partial charge on any atom is -0.497 e. The number of aryl methyl sites for hydroxylation is 1. The second kappa shape index (κ2) is 7.59. The fourth-order valence-electron chi connectivity index (χ4n) is 3.11. The lowest BCUT2D eigenvalue weighted by Crippen LogP contribution is -2.38. The Hall–Kier alpha value is -1.88. The normalized spacial score (nSPS) is 15.6. The number of likely N-dealkylation sites (tertiary alicyclic amines) is 1. The molecule has 0 spiro atoms. The van der Waals surface area contributed by atoms with Crippen molar-refractivity contribution in [2.75, 3.05) is 20.2 Å². The van der Waals surface area contributed by atoms with Gasteiger partial charge in [0, 0.05) is 37.5 Å². The Morgan fingerprint density at radius 3 is 2.91 bits per heavy atom. The van der Waals surface area contributed by atoms with Crippen LogP contribution in [0.5, 0.6) is 5.75 Å². The maximum atomic E-state index is 12.3. The Balaban J connectivity index is 1.50. The van der Waals surface area contributed by atoms with E-state index < -0.39 is 0 Å². The minimum atomic E-state index is 0.254. The molecule has 1 saturated heterocycles. The van der Waals surface area contributed by atoms with Gasteiger partial charge in [-0.2, -0.15) is 0 Å². The Labute approximate surface area is 141 Å². The number of aromatic nitrogens is 1. The maximum absolute atomic E-state index is 12.3. The number of thiazole rings is 1. The van der Waals surface area contributed by atoms with Crippen molar-refractivity contribution in [2.24, 2.45) is 0 Å². The Morgan fingerprint density at radius 2 is 2.22 bits per heavy atom. The third-order valence-corrected chi connectivity index (χ3v) is 5.29. The molecule has 0 N–H and O–H groups in total. The molecule has 2 heterocycles. The highest BCUT2D eigenvalue weighted by atomic mass is 32.1. The van der Waals surface area contributed by atoms with Crippen LogP contribution >= 0.6 is 11.3 Å². The van der Waals surface area contributed by atoms with Crippen LogP contribution in [0.3, 0.4) is 0 Å². The zero-order valence-corrected chi connectivity index (χ0v) is 14.2. The third kappa shape index (κ3) is 4.10. The number of amides is 1. The number of carbonyl (C=O) groups is 1. The molecule has 1 aromatic heterocycles. The van der Waals surface area contributed by atoms with Gasteiger partial charge in [-0.15, -0.1) is 11.3 Å². The van der Waals surface area contributed by atoms with Crippen LogP contribution in [0.25, 0.3) is 0 Å². The van der Waals surface area contributed by atoms with Crippen molar-refractivity contribution in [3.8, 4) is 5.75 Å². The fraction of sp³-hybridized carbons (Fsp3) is 0.444. The molecule has 0 unspecified atom stereocenters. The lowest BCUT2D eigenvalue weighted by Gasteiger charge is -2.32. The summed E-state index contributed by atoms with van der Waals surface area (Å²) in [5.74, 6) is 1.68. The molecular formula is C18H22N2O2S. The van der Waals surface area contributed by atoms with Gasteiger partial charge in [-0.1, -0.05) is 12.1 Å². The molecule has 0 bridgehead atoms. The summed E-state index contributed by atoms with van der Waals surface area (Å²) in [6.45, 7) is 1.69. The van der Waals surface area contributed by atoms with E-state index in [1.165, 1.54) is 5.56 Å². The standard InChI is InChI=1S/C18H22N2O2S/c1-22-16-4-2-3-15(13-16)14-7-10-20(11-8-14)18(21)6-5-17-19-9-12-23-17/h2-4,9,12-14H,5-8,10-11H2,1H3. The summed E-state index contributed by atoms with van der Waals surface area (Å²) < 4.78 is 5.30. The zero-order valence-electron chi connectivity index (χ0n) is 13.4. The van der Waals surface area contributed by atoms with Gasteiger partial charge in [0.15, 0.2) is 0 Å². The van der Waals surface area contributed by atoms with E-state index in [2.05, 4.69) is 17.1 Å². The Morgan fingerprint density at radius 1 is 1.39 bits per heavy atom. The van der Waals surface area contributed by atoms with Crippen LogP contribution in [-0.2, 0) is 11.2 Å². The molecule has 2 aromatic rings. The number of hydrogen-bond acceptors (Lipinski definition) is 4. The van der Waals surface area contributed by atoms with Crippen LogP contribution < -0.4 is 4.74 Å². The zero-order chi connectivity index (χ0) is 16.1. The van der Waals surface area contributed by atoms with Crippen molar-refractivity contribution in [2.45, 2.75) is 31.6 Å². The maximum Gasteiger partial charge on any atom is 0.222 e. The second-order valence-corrected chi connectivity index (χ2v) is 6.84. The van der Waals surface area contributed by atoms with Gasteiger partial charge in [0.1, 0.15) is 5.75 Å². The molecule has 1 fully saturated rings. The average Bonchev–Trinajstić information content (AvgIpc) is 3.13. The summed E-state index contributed by atoms with van der Waals surface area (Å²) in [6.07, 6.45) is 5.17. The highest BCUT2D eigenvalue weighted by Gasteiger charge is 2.23. The van der Waals surface area contributed by atoms with E-state index in [4.69, 9.17) is 4.74 Å². The molecule has 1 aromatic carbocycles. The molecule has 1 aliphatic rings. The van der Waals surface area contributed by atoms with E-state index in [9.17, 15) is 4.79 Å². The summed E-state index contributed by atoms with van der Waals surface area (Å²) in [4.78, 5) is 18.6. The highest BCUT2D eigenvalue weighted by molar-refractivity contribution is 7.09. The first-order chi connectivity index (χ1) is 11.3. The summed E-state index contributed by atoms with van der Waals surface area (Å²) in [5, 5.41) is 3.00. The number of hydrogen-bond donors (Lipinski definition) is 0. The van der Waals surface area contributed by atoms with Crippen molar-refractivity contribution in [1.82, 2.24) is 9.88 Å². The molecule has 5 heteroatoms. The van der Waals surface area contributed by atoms with Gasteiger partial charge in [0.05, 0.1) is 12.1 Å². The largest absolute Gasteiger partial charge is 0.497 e. The van der Waals surface area contributed by atoms with E-state index in [1.807, 2.05) is 22.4 Å². The van der Waals surface area contributed by atoms with Gasteiger partial charge in [-0.05, 0) is 36.5 Å². The van der Waals surface area contributed by atoms with Gasteiger partial charge in [0.25, 0.3) is 0 Å². The monoisotopic (exact) mass is 330 g/mol. The van der Waals surface area contributed by atoms with Crippen molar-refractivity contribution in [3.63, 3.8) is 0 Å². The van der Waals surface area contributed by atoms with Gasteiger partial charge in [0.2, 0.25) is 5.91 Å². The molecule has 23 heavy (non-hydrogen) atoms. The number of piperidine rings is 1. The molecule has 0 atom stereocenters. The van der Waals surface area contributed by atoms with E-state index in [1.54, 1.807) is 24.6 Å². The smallest absolute Gasteiger partial charge is 0.222 e. The predicted molar refractivity (Wildman–Crippen MR) is 92.0 cm³/mol. The first kappa shape index (κ1) is 16.0. The minimum absolute atomic E-state index is 0.254. The van der Waals surface area contributed by atoms with E-state index >= 15 is 0 Å². The molecule has 0 radical (unpaired) electrons. The third-order valence-electron chi connectivity index (χ3n) is 4.45. The Bertz CT molecular complexity index is 634. The molecule has 0 aliphatic carbocycles. The van der Waals surface area contributed by atoms with Crippen molar-refractivity contribution < 1.29 is 9.53 Å². The lowest BCUT2D eigenvalue weighted by molar-refractivity contribution is -0.132. The van der Waals surface area contributed by atoms with E-state index in [0.717, 1.165) is 43.1 Å². The van der Waals surface area contributed by atoms with Crippen LogP contribution in [-0.4, -0.2) is 36.0 Å². The molecule has 1 aliphatic heterocycles. The number of methoxy groups -OCH3 is 1. The number of nitrogens with zero attached hydrogens (tertiary/aromatic N) is 2. The quantitative estimate of drug-likeness (QED) is 0.843. The fourth-order valence-corrected chi connectivity index (χ4v) is 3.73. The second-order valence-electron chi connectivity index (χ2n) is 5.86. The summed E-state index contributed by atoms with van der Waals surface area (Å²) in [6, 6.07) is 8.29. The molecule has 3 rings (SSSR count). The molecule has 1 amide bonds. The number of benzene rings is 1. The average molecular weight is 330 g/mol. The van der Waals surface area contributed by atoms with Gasteiger partial charge in [-0.3, -0.25) is 4.79 Å². The first-order valence-electron chi connectivity index (χ1n) is 8.06. The summed E-state index contributed by atoms with van der Waals surface area (Å²) >= 11 is 1.62. The van der Waals surface area contributed by atoms with Crippen LogP contribution in [0.2, 0.25) is 0 Å². The lowest BCUT2D eigenvalue weighted by atomic mass is 9.89. The van der Waals surface area contributed by atoms with Crippen molar-refractivity contribution in [1.29, 1.82) is 0 Å². The number of ether oxygens (including phenoxy) is 1. The molecule has 122 valence electrons. The topological polar surface area (TPSA) is 42.4 Å². The van der Waals surface area contributed by atoms with E-state index in [0.29, 0.717) is 12.3 Å². The number of rotatable bonds is 5. The van der Waals surface area contributed by atoms with Gasteiger partial charge in [-0.25, -0.2) is 4.98 Å². The van der Waals surface area contributed by atoms with E-state index in [-0.39, 0.29) is 5.91 Å². The van der Waals surface area contributed by atoms with Crippen LogP contribution in [0, 0.1) is 0 Å². The Kier molecular flexibility index (Phi) is 5.28. The summed E-state index contributed by atoms with van der Waals surface area (Å²) in [7, 11) is 1.70. The SMILES string of the molecule is COc1cccc(C2CCN(C(=O)CCc3nccs3)CC2)c1. The van der Waals surface area contributed by atoms with Gasteiger partial charge < -0.3 is 9.64 Å². The van der Waals surface area contributed by atoms with Crippen LogP contribution in [0.4, 0.5) is 0 Å². The van der Waals surface area contributed by atoms with Crippen LogP contribution in [0.15, 0.2) is 35.8 Å². The first-order valence-corrected chi connectivity index (χ1v) is 8.94. The predicted octanol–water partition coefficient (Wildman–Crippen LogP) is 3.49. The molecule has 0 saturated carbocycles. The summed E-state index contributed by atoms with van der Waals surface area (Å²) in [5.41, 5.74) is 1.32.